The van der Waals surface area contributed by atoms with E-state index in [1.165, 1.54) is 32.0 Å². The Balaban J connectivity index is 1.70. The summed E-state index contributed by atoms with van der Waals surface area (Å²) in [6, 6.07) is 29.5. The lowest BCUT2D eigenvalue weighted by molar-refractivity contribution is 1.48. The normalized spacial score (nSPS) is 10.9. The summed E-state index contributed by atoms with van der Waals surface area (Å²) in [6.07, 6.45) is 4.08. The van der Waals surface area contributed by atoms with E-state index in [0.717, 1.165) is 0 Å². The molecule has 1 heteroatoms. The van der Waals surface area contributed by atoms with Gasteiger partial charge in [0.25, 0.3) is 0 Å². The van der Waals surface area contributed by atoms with Crippen molar-refractivity contribution in [3.8, 4) is 11.2 Å². The molecule has 0 atom stereocenters. The summed E-state index contributed by atoms with van der Waals surface area (Å²) in [6.45, 7) is 0. The fourth-order valence-electron chi connectivity index (χ4n) is 2.96. The van der Waals surface area contributed by atoms with Crippen molar-refractivity contribution in [2.45, 2.75) is 4.90 Å². The molecule has 0 aromatic heterocycles. The van der Waals surface area contributed by atoms with Crippen molar-refractivity contribution in [1.29, 1.82) is 0 Å². The van der Waals surface area contributed by atoms with Crippen LogP contribution in [0.5, 0.6) is 0 Å². The van der Waals surface area contributed by atoms with Crippen molar-refractivity contribution in [3.05, 3.63) is 96.6 Å². The van der Waals surface area contributed by atoms with Crippen molar-refractivity contribution in [1.82, 2.24) is 0 Å². The minimum Gasteiger partial charge on any atom is -0.0626 e. The van der Waals surface area contributed by atoms with E-state index in [1.54, 1.807) is 11.8 Å². The quantitative estimate of drug-likeness (QED) is 0.221. The number of fused-ring (bicyclic) bond motifs is 2. The predicted octanol–water partition coefficient (Wildman–Crippen LogP) is 6.76. The van der Waals surface area contributed by atoms with Crippen LogP contribution in [0.4, 0.5) is 0 Å². The average Bonchev–Trinajstić information content (AvgIpc) is 2.68. The molecule has 0 N–H and O–H groups in total. The van der Waals surface area contributed by atoms with Crippen LogP contribution >= 0.6 is 11.8 Å². The van der Waals surface area contributed by atoms with Crippen molar-refractivity contribution >= 4 is 39.4 Å². The van der Waals surface area contributed by atoms with Gasteiger partial charge < -0.3 is 0 Å². The molecule has 0 radical (unpaired) electrons. The maximum Gasteiger partial charge on any atom is 0.0203 e. The van der Waals surface area contributed by atoms with E-state index in [-0.39, 0.29) is 0 Å². The largest absolute Gasteiger partial charge is 0.0626 e. The van der Waals surface area contributed by atoms with Crippen molar-refractivity contribution in [3.63, 3.8) is 0 Å². The Morgan fingerprint density at radius 1 is 0.680 bits per heavy atom. The van der Waals surface area contributed by atoms with Gasteiger partial charge in [-0.05, 0) is 74.5 Å². The fraction of sp³-hybridized carbons (Fsp3) is 0. The lowest BCUT2D eigenvalue weighted by Crippen LogP contribution is -1.82. The van der Waals surface area contributed by atoms with Gasteiger partial charge in [0, 0.05) is 4.90 Å². The van der Waals surface area contributed by atoms with Crippen molar-refractivity contribution in [2.75, 3.05) is 0 Å². The number of hydrogen-bond acceptors (Lipinski definition) is 1. The molecule has 0 bridgehead atoms. The molecule has 0 nitrogen and oxygen atoms in total. The highest BCUT2D eigenvalue weighted by atomic mass is 32.2. The zero-order chi connectivity index (χ0) is 16.9. The smallest absolute Gasteiger partial charge is 0.0203 e. The summed E-state index contributed by atoms with van der Waals surface area (Å²) >= 11 is 1.55. The topological polar surface area (TPSA) is 0 Å². The molecular weight excluding hydrogens is 320 g/mol. The first-order chi connectivity index (χ1) is 12.4. The number of hydrogen-bond donors (Lipinski definition) is 0. The van der Waals surface area contributed by atoms with Crippen molar-refractivity contribution < 1.29 is 0 Å². The first kappa shape index (κ1) is 15.6. The van der Waals surface area contributed by atoms with E-state index in [1.807, 2.05) is 24.3 Å². The number of thioether (sulfide) groups is 1. The average molecular weight is 336 g/mol. The second-order valence-corrected chi connectivity index (χ2v) is 6.61. The Kier molecular flexibility index (Phi) is 4.55. The highest BCUT2D eigenvalue weighted by Gasteiger charge is 2.04. The van der Waals surface area contributed by atoms with Gasteiger partial charge in [-0.3, -0.25) is 0 Å². The van der Waals surface area contributed by atoms with E-state index < -0.39 is 0 Å². The Bertz CT molecular complexity index is 1060. The van der Waals surface area contributed by atoms with Crippen molar-refractivity contribution in [2.24, 2.45) is 0 Å². The maximum absolute atomic E-state index is 3.15. The lowest BCUT2D eigenvalue weighted by atomic mass is 9.96. The molecule has 0 spiro atoms. The number of rotatable bonds is 2. The van der Waals surface area contributed by atoms with E-state index in [2.05, 4.69) is 84.0 Å². The lowest BCUT2D eigenvalue weighted by Gasteiger charge is -2.07. The molecule has 0 amide bonds. The molecule has 0 aliphatic heterocycles. The maximum atomic E-state index is 3.15. The Hall–Kier alpha value is -2.95. The van der Waals surface area contributed by atoms with E-state index in [4.69, 9.17) is 0 Å². The highest BCUT2D eigenvalue weighted by Crippen LogP contribution is 2.29. The number of benzene rings is 4. The van der Waals surface area contributed by atoms with Crippen LogP contribution in [0.2, 0.25) is 0 Å². The predicted molar refractivity (Wildman–Crippen MR) is 111 cm³/mol. The second kappa shape index (κ2) is 7.30. The van der Waals surface area contributed by atoms with Crippen LogP contribution in [-0.2, 0) is 0 Å². The van der Waals surface area contributed by atoms with Crippen LogP contribution in [-0.4, -0.2) is 0 Å². The van der Waals surface area contributed by atoms with Crippen LogP contribution in [0.15, 0.2) is 95.9 Å². The van der Waals surface area contributed by atoms with Crippen LogP contribution in [0.3, 0.4) is 0 Å². The fourth-order valence-corrected chi connectivity index (χ4v) is 3.50. The van der Waals surface area contributed by atoms with Gasteiger partial charge >= 0.3 is 0 Å². The minimum atomic E-state index is 1.17. The van der Waals surface area contributed by atoms with Gasteiger partial charge in [-0.1, -0.05) is 72.7 Å². The molecule has 0 saturated carbocycles. The van der Waals surface area contributed by atoms with E-state index in [9.17, 15) is 0 Å². The Morgan fingerprint density at radius 2 is 1.28 bits per heavy atom. The molecule has 0 saturated heterocycles. The summed E-state index contributed by atoms with van der Waals surface area (Å²) in [7, 11) is 0. The standard InChI is InChI=1S/C24H16S/c1-2-12-21(13-3-1)25-17-9-8-16-24-22-14-6-4-10-19(22)18-20-11-5-7-15-23(20)24/h1-8,10-16,18H/b16-8+. The van der Waals surface area contributed by atoms with Gasteiger partial charge in [0.1, 0.15) is 0 Å². The van der Waals surface area contributed by atoms with Crippen LogP contribution in [0, 0.1) is 11.2 Å². The monoisotopic (exact) mass is 336 g/mol. The molecule has 0 aliphatic rings. The molecule has 0 unspecified atom stereocenters. The minimum absolute atomic E-state index is 1.17. The SMILES string of the molecule is C(#CSc1ccccc1)/C=C/c1c2ccccc2cc2ccccc12. The molecular formula is C24H16S. The second-order valence-electron chi connectivity index (χ2n) is 5.73. The van der Waals surface area contributed by atoms with Gasteiger partial charge in [0.2, 0.25) is 0 Å². The summed E-state index contributed by atoms with van der Waals surface area (Å²) in [5.74, 6) is 3.14. The molecule has 0 aliphatic carbocycles. The molecule has 0 heterocycles. The van der Waals surface area contributed by atoms with Gasteiger partial charge in [-0.25, -0.2) is 0 Å². The highest BCUT2D eigenvalue weighted by molar-refractivity contribution is 8.03. The van der Waals surface area contributed by atoms with Gasteiger partial charge in [0.05, 0.1) is 0 Å². The summed E-state index contributed by atoms with van der Waals surface area (Å²) in [4.78, 5) is 1.17. The molecule has 118 valence electrons. The third kappa shape index (κ3) is 3.45. The van der Waals surface area contributed by atoms with E-state index >= 15 is 0 Å². The van der Waals surface area contributed by atoms with E-state index in [0.29, 0.717) is 0 Å². The zero-order valence-corrected chi connectivity index (χ0v) is 14.5. The van der Waals surface area contributed by atoms with Crippen LogP contribution in [0.25, 0.3) is 27.6 Å². The van der Waals surface area contributed by atoms with Crippen LogP contribution in [0.1, 0.15) is 5.56 Å². The molecule has 0 fully saturated rings. The van der Waals surface area contributed by atoms with Gasteiger partial charge in [-0.2, -0.15) is 0 Å². The zero-order valence-electron chi connectivity index (χ0n) is 13.6. The number of allylic oxidation sites excluding steroid dienone is 1. The van der Waals surface area contributed by atoms with Gasteiger partial charge in [0.15, 0.2) is 0 Å². The summed E-state index contributed by atoms with van der Waals surface area (Å²) in [5, 5.41) is 8.18. The summed E-state index contributed by atoms with van der Waals surface area (Å²) in [5.41, 5.74) is 1.23. The molecule has 25 heavy (non-hydrogen) atoms. The molecule has 4 aromatic carbocycles. The first-order valence-corrected chi connectivity index (χ1v) is 9.03. The van der Waals surface area contributed by atoms with Crippen LogP contribution < -0.4 is 0 Å². The Morgan fingerprint density at radius 3 is 1.96 bits per heavy atom. The molecule has 4 aromatic rings. The third-order valence-electron chi connectivity index (χ3n) is 4.12. The van der Waals surface area contributed by atoms with Gasteiger partial charge in [-0.15, -0.1) is 0 Å². The Labute approximate surface area is 152 Å². The summed E-state index contributed by atoms with van der Waals surface area (Å²) < 4.78 is 0. The third-order valence-corrected chi connectivity index (χ3v) is 4.85. The molecule has 4 rings (SSSR count). The first-order valence-electron chi connectivity index (χ1n) is 8.21.